The fourth-order valence-electron chi connectivity index (χ4n) is 1.19. The fraction of sp³-hybridized carbons (Fsp3) is 0.167. The number of benzene rings is 1. The second-order valence-electron chi connectivity index (χ2n) is 3.07. The average Bonchev–Trinajstić information content (AvgIpc) is 2.30. The summed E-state index contributed by atoms with van der Waals surface area (Å²) >= 11 is 0. The summed E-state index contributed by atoms with van der Waals surface area (Å²) in [4.78, 5) is 21.0. The molecule has 0 bridgehead atoms. The molecular weight excluding hydrogens is 224 g/mol. The molecule has 2 N–H and O–H groups in total. The van der Waals surface area contributed by atoms with Gasteiger partial charge in [0.15, 0.2) is 17.8 Å². The van der Waals surface area contributed by atoms with Crippen LogP contribution < -0.4 is 4.74 Å². The van der Waals surface area contributed by atoms with Gasteiger partial charge in [0.25, 0.3) is 0 Å². The highest BCUT2D eigenvalue weighted by molar-refractivity contribution is 5.82. The number of carbonyl (C=O) groups is 2. The largest absolute Gasteiger partial charge is 0.503 e. The molecule has 0 fully saturated rings. The monoisotopic (exact) mass is 234 g/mol. The number of ether oxygens (including phenoxy) is 1. The molecule has 0 spiro atoms. The SMILES string of the molecule is COc1ccc(C=O)c(C#CCC(=O)O)c1O. The van der Waals surface area contributed by atoms with Gasteiger partial charge in [-0.05, 0) is 12.1 Å². The second-order valence-corrected chi connectivity index (χ2v) is 3.07. The van der Waals surface area contributed by atoms with E-state index in [9.17, 15) is 14.7 Å². The second kappa shape index (κ2) is 5.56. The first-order valence-electron chi connectivity index (χ1n) is 4.66. The van der Waals surface area contributed by atoms with Crippen LogP contribution in [0, 0.1) is 11.8 Å². The Balaban J connectivity index is 3.21. The zero-order chi connectivity index (χ0) is 12.8. The molecule has 0 aliphatic heterocycles. The molecule has 1 aromatic rings. The molecule has 0 saturated heterocycles. The average molecular weight is 234 g/mol. The summed E-state index contributed by atoms with van der Waals surface area (Å²) in [5.41, 5.74) is 0.252. The molecule has 0 aromatic heterocycles. The zero-order valence-corrected chi connectivity index (χ0v) is 9.06. The number of aldehydes is 1. The van der Waals surface area contributed by atoms with Gasteiger partial charge in [0.2, 0.25) is 0 Å². The predicted octanol–water partition coefficient (Wildman–Crippen LogP) is 1.04. The molecule has 0 unspecified atom stereocenters. The maximum absolute atomic E-state index is 10.7. The van der Waals surface area contributed by atoms with Gasteiger partial charge in [-0.1, -0.05) is 11.8 Å². The van der Waals surface area contributed by atoms with Crippen LogP contribution in [0.1, 0.15) is 22.3 Å². The third-order valence-corrected chi connectivity index (χ3v) is 1.97. The summed E-state index contributed by atoms with van der Waals surface area (Å²) in [6.07, 6.45) is 0.166. The van der Waals surface area contributed by atoms with Crippen LogP contribution in [-0.4, -0.2) is 29.6 Å². The van der Waals surface area contributed by atoms with Crippen molar-refractivity contribution in [2.75, 3.05) is 7.11 Å². The van der Waals surface area contributed by atoms with Crippen molar-refractivity contribution in [1.82, 2.24) is 0 Å². The Morgan fingerprint density at radius 2 is 2.24 bits per heavy atom. The van der Waals surface area contributed by atoms with Crippen LogP contribution in [0.4, 0.5) is 0 Å². The predicted molar refractivity (Wildman–Crippen MR) is 59.2 cm³/mol. The number of rotatable bonds is 3. The van der Waals surface area contributed by atoms with Crippen molar-refractivity contribution in [2.45, 2.75) is 6.42 Å². The lowest BCUT2D eigenvalue weighted by atomic mass is 10.1. The molecule has 17 heavy (non-hydrogen) atoms. The van der Waals surface area contributed by atoms with Crippen LogP contribution in [0.15, 0.2) is 12.1 Å². The first-order chi connectivity index (χ1) is 8.10. The molecule has 0 aliphatic carbocycles. The number of aliphatic carboxylic acids is 1. The maximum Gasteiger partial charge on any atom is 0.315 e. The molecule has 0 aliphatic rings. The molecule has 88 valence electrons. The van der Waals surface area contributed by atoms with E-state index in [0.717, 1.165) is 0 Å². The van der Waals surface area contributed by atoms with E-state index in [1.54, 1.807) is 0 Å². The lowest BCUT2D eigenvalue weighted by Gasteiger charge is -2.06. The molecule has 0 heterocycles. The topological polar surface area (TPSA) is 83.8 Å². The molecule has 1 aromatic carbocycles. The Bertz CT molecular complexity index is 508. The number of carbonyl (C=O) groups excluding carboxylic acids is 1. The van der Waals surface area contributed by atoms with Crippen LogP contribution >= 0.6 is 0 Å². The van der Waals surface area contributed by atoms with Gasteiger partial charge in [-0.2, -0.15) is 0 Å². The lowest BCUT2D eigenvalue weighted by Crippen LogP contribution is -1.93. The van der Waals surface area contributed by atoms with Crippen LogP contribution in [0.25, 0.3) is 0 Å². The van der Waals surface area contributed by atoms with Gasteiger partial charge in [-0.15, -0.1) is 0 Å². The quantitative estimate of drug-likeness (QED) is 0.603. The molecule has 0 atom stereocenters. The van der Waals surface area contributed by atoms with E-state index in [1.807, 2.05) is 0 Å². The highest BCUT2D eigenvalue weighted by Gasteiger charge is 2.10. The highest BCUT2D eigenvalue weighted by Crippen LogP contribution is 2.30. The molecule has 0 saturated carbocycles. The smallest absolute Gasteiger partial charge is 0.315 e. The van der Waals surface area contributed by atoms with Gasteiger partial charge in [0, 0.05) is 5.56 Å². The Morgan fingerprint density at radius 3 is 2.76 bits per heavy atom. The number of phenolic OH excluding ortho intramolecular Hbond substituents is 1. The molecular formula is C12H10O5. The number of hydrogen-bond acceptors (Lipinski definition) is 4. The van der Waals surface area contributed by atoms with Crippen molar-refractivity contribution < 1.29 is 24.5 Å². The standard InChI is InChI=1S/C12H10O5/c1-17-10-6-5-8(7-13)9(12(10)16)3-2-4-11(14)15/h5-7,16H,4H2,1H3,(H,14,15). The van der Waals surface area contributed by atoms with Gasteiger partial charge in [0.1, 0.15) is 6.42 Å². The molecule has 0 radical (unpaired) electrons. The summed E-state index contributed by atoms with van der Waals surface area (Å²) in [5, 5.41) is 18.2. The highest BCUT2D eigenvalue weighted by atomic mass is 16.5. The van der Waals surface area contributed by atoms with E-state index in [-0.39, 0.29) is 29.0 Å². The first-order valence-corrected chi connectivity index (χ1v) is 4.66. The van der Waals surface area contributed by atoms with E-state index >= 15 is 0 Å². The van der Waals surface area contributed by atoms with E-state index in [1.165, 1.54) is 19.2 Å². The number of methoxy groups -OCH3 is 1. The van der Waals surface area contributed by atoms with Gasteiger partial charge < -0.3 is 14.9 Å². The minimum Gasteiger partial charge on any atom is -0.503 e. The third kappa shape index (κ3) is 2.98. The van der Waals surface area contributed by atoms with Crippen molar-refractivity contribution in [2.24, 2.45) is 0 Å². The van der Waals surface area contributed by atoms with E-state index < -0.39 is 5.97 Å². The summed E-state index contributed by atoms with van der Waals surface area (Å²) in [5.74, 6) is 3.62. The molecule has 1 rings (SSSR count). The lowest BCUT2D eigenvalue weighted by molar-refractivity contribution is -0.135. The van der Waals surface area contributed by atoms with Crippen LogP contribution in [0.5, 0.6) is 11.5 Å². The number of hydrogen-bond donors (Lipinski definition) is 2. The Labute approximate surface area is 97.6 Å². The van der Waals surface area contributed by atoms with E-state index in [2.05, 4.69) is 11.8 Å². The van der Waals surface area contributed by atoms with E-state index in [0.29, 0.717) is 6.29 Å². The Kier molecular flexibility index (Phi) is 4.12. The van der Waals surface area contributed by atoms with Crippen molar-refractivity contribution in [3.05, 3.63) is 23.3 Å². The van der Waals surface area contributed by atoms with Gasteiger partial charge in [-0.3, -0.25) is 9.59 Å². The first kappa shape index (κ1) is 12.6. The number of carboxylic acid groups (broad SMARTS) is 1. The maximum atomic E-state index is 10.7. The number of phenols is 1. The summed E-state index contributed by atoms with van der Waals surface area (Å²) in [6, 6.07) is 2.87. The van der Waals surface area contributed by atoms with Crippen LogP contribution in [-0.2, 0) is 4.79 Å². The minimum atomic E-state index is -1.08. The Morgan fingerprint density at radius 1 is 1.53 bits per heavy atom. The van der Waals surface area contributed by atoms with Crippen molar-refractivity contribution in [3.8, 4) is 23.3 Å². The molecule has 5 nitrogen and oxygen atoms in total. The molecule has 5 heteroatoms. The van der Waals surface area contributed by atoms with Crippen molar-refractivity contribution in [1.29, 1.82) is 0 Å². The number of aromatic hydroxyl groups is 1. The summed E-state index contributed by atoms with van der Waals surface area (Å²) in [6.45, 7) is 0. The summed E-state index contributed by atoms with van der Waals surface area (Å²) < 4.78 is 4.86. The normalized spacial score (nSPS) is 9.00. The minimum absolute atomic E-state index is 0.0700. The third-order valence-electron chi connectivity index (χ3n) is 1.97. The van der Waals surface area contributed by atoms with Crippen molar-refractivity contribution in [3.63, 3.8) is 0 Å². The zero-order valence-electron chi connectivity index (χ0n) is 9.06. The van der Waals surface area contributed by atoms with Gasteiger partial charge >= 0.3 is 5.97 Å². The van der Waals surface area contributed by atoms with E-state index in [4.69, 9.17) is 9.84 Å². The van der Waals surface area contributed by atoms with Crippen LogP contribution in [0.3, 0.4) is 0 Å². The van der Waals surface area contributed by atoms with Crippen LogP contribution in [0.2, 0.25) is 0 Å². The number of carboxylic acids is 1. The van der Waals surface area contributed by atoms with Crippen molar-refractivity contribution >= 4 is 12.3 Å². The Hall–Kier alpha value is -2.48. The summed E-state index contributed by atoms with van der Waals surface area (Å²) in [7, 11) is 1.37. The van der Waals surface area contributed by atoms with Gasteiger partial charge in [-0.25, -0.2) is 0 Å². The van der Waals surface area contributed by atoms with Gasteiger partial charge in [0.05, 0.1) is 12.7 Å². The molecule has 0 amide bonds. The fourth-order valence-corrected chi connectivity index (χ4v) is 1.19.